The summed E-state index contributed by atoms with van der Waals surface area (Å²) in [6.45, 7) is 4.21. The molecule has 3 rings (SSSR count). The zero-order valence-electron chi connectivity index (χ0n) is 17.5. The van der Waals surface area contributed by atoms with Crippen LogP contribution in [0.3, 0.4) is 0 Å². The van der Waals surface area contributed by atoms with Crippen LogP contribution in [0, 0.1) is 0 Å². The van der Waals surface area contributed by atoms with Gasteiger partial charge in [-0.2, -0.15) is 0 Å². The molecule has 2 aromatic rings. The zero-order chi connectivity index (χ0) is 22.2. The number of rotatable bonds is 7. The Hall–Kier alpha value is -3.55. The lowest BCUT2D eigenvalue weighted by Gasteiger charge is -2.37. The van der Waals surface area contributed by atoms with Crippen molar-refractivity contribution in [2.75, 3.05) is 31.1 Å². The van der Waals surface area contributed by atoms with Crippen LogP contribution in [0.25, 0.3) is 0 Å². The fraction of sp³-hybridized carbons (Fsp3) is 0.348. The zero-order valence-corrected chi connectivity index (χ0v) is 17.5. The predicted octanol–water partition coefficient (Wildman–Crippen LogP) is 2.28. The number of nitrogens with one attached hydrogen (secondary N) is 1. The molecule has 1 fully saturated rings. The minimum absolute atomic E-state index is 0.00122. The van der Waals surface area contributed by atoms with E-state index in [0.717, 1.165) is 16.8 Å². The van der Waals surface area contributed by atoms with Gasteiger partial charge in [0, 0.05) is 31.9 Å². The standard InChI is InChI=1S/C23H27N3O5/c1-17(24-23(30)31-16-19-5-3-2-4-6-19)22(29)26-13-11-25(12-14-26)20-9-7-18(8-10-20)15-21(27)28/h2-10,17H,11-16H2,1H3,(H,24,30)(H,27,28). The van der Waals surface area contributed by atoms with Crippen LogP contribution < -0.4 is 10.2 Å². The second-order valence-corrected chi connectivity index (χ2v) is 7.48. The third-order valence-electron chi connectivity index (χ3n) is 5.17. The molecule has 8 heteroatoms. The average Bonchev–Trinajstić information content (AvgIpc) is 2.78. The predicted molar refractivity (Wildman–Crippen MR) is 116 cm³/mol. The summed E-state index contributed by atoms with van der Waals surface area (Å²) < 4.78 is 5.18. The molecule has 0 aromatic heterocycles. The van der Waals surface area contributed by atoms with Crippen molar-refractivity contribution in [3.05, 3.63) is 65.7 Å². The molecule has 1 saturated heterocycles. The van der Waals surface area contributed by atoms with E-state index in [9.17, 15) is 14.4 Å². The highest BCUT2D eigenvalue weighted by atomic mass is 16.5. The van der Waals surface area contributed by atoms with Gasteiger partial charge in [0.2, 0.25) is 5.91 Å². The van der Waals surface area contributed by atoms with Crippen LogP contribution in [-0.2, 0) is 27.4 Å². The number of alkyl carbamates (subject to hydrolysis) is 1. The molecule has 0 aliphatic carbocycles. The summed E-state index contributed by atoms with van der Waals surface area (Å²) in [7, 11) is 0. The van der Waals surface area contributed by atoms with Gasteiger partial charge in [0.25, 0.3) is 0 Å². The van der Waals surface area contributed by atoms with E-state index in [1.807, 2.05) is 54.6 Å². The molecule has 164 valence electrons. The van der Waals surface area contributed by atoms with Crippen LogP contribution in [0.4, 0.5) is 10.5 Å². The number of hydrogen-bond donors (Lipinski definition) is 2. The average molecular weight is 425 g/mol. The Labute approximate surface area is 181 Å². The number of amides is 2. The molecule has 1 heterocycles. The smallest absolute Gasteiger partial charge is 0.408 e. The SMILES string of the molecule is CC(NC(=O)OCc1ccccc1)C(=O)N1CCN(c2ccc(CC(=O)O)cc2)CC1. The first kappa shape index (κ1) is 22.1. The van der Waals surface area contributed by atoms with Crippen LogP contribution >= 0.6 is 0 Å². The van der Waals surface area contributed by atoms with Gasteiger partial charge in [-0.1, -0.05) is 42.5 Å². The normalized spacial score (nSPS) is 14.6. The minimum Gasteiger partial charge on any atom is -0.481 e. The fourth-order valence-electron chi connectivity index (χ4n) is 3.46. The van der Waals surface area contributed by atoms with Crippen LogP contribution in [0.5, 0.6) is 0 Å². The van der Waals surface area contributed by atoms with Crippen molar-refractivity contribution in [2.24, 2.45) is 0 Å². The number of ether oxygens (including phenoxy) is 1. The lowest BCUT2D eigenvalue weighted by molar-refractivity contribution is -0.136. The highest BCUT2D eigenvalue weighted by Gasteiger charge is 2.26. The van der Waals surface area contributed by atoms with Gasteiger partial charge in [-0.05, 0) is 30.2 Å². The summed E-state index contributed by atoms with van der Waals surface area (Å²) in [5.41, 5.74) is 2.63. The number of nitrogens with zero attached hydrogens (tertiary/aromatic N) is 2. The largest absolute Gasteiger partial charge is 0.481 e. The summed E-state index contributed by atoms with van der Waals surface area (Å²) >= 11 is 0. The summed E-state index contributed by atoms with van der Waals surface area (Å²) in [4.78, 5) is 39.4. The summed E-state index contributed by atoms with van der Waals surface area (Å²) in [6.07, 6.45) is -0.619. The van der Waals surface area contributed by atoms with E-state index in [1.54, 1.807) is 11.8 Å². The van der Waals surface area contributed by atoms with Crippen LogP contribution in [0.15, 0.2) is 54.6 Å². The Morgan fingerprint density at radius 1 is 0.968 bits per heavy atom. The molecule has 2 N–H and O–H groups in total. The molecule has 2 aromatic carbocycles. The fourth-order valence-corrected chi connectivity index (χ4v) is 3.46. The van der Waals surface area contributed by atoms with Gasteiger partial charge in [-0.25, -0.2) is 4.79 Å². The first-order valence-electron chi connectivity index (χ1n) is 10.2. The second kappa shape index (κ2) is 10.5. The topological polar surface area (TPSA) is 99.2 Å². The number of aliphatic carboxylic acids is 1. The van der Waals surface area contributed by atoms with Crippen molar-refractivity contribution in [2.45, 2.75) is 26.0 Å². The van der Waals surface area contributed by atoms with E-state index in [-0.39, 0.29) is 18.9 Å². The number of anilines is 1. The molecular weight excluding hydrogens is 398 g/mol. The number of carboxylic acids is 1. The van der Waals surface area contributed by atoms with Gasteiger partial charge in [0.1, 0.15) is 12.6 Å². The van der Waals surface area contributed by atoms with Crippen molar-refractivity contribution >= 4 is 23.7 Å². The van der Waals surface area contributed by atoms with Crippen LogP contribution in [0.1, 0.15) is 18.1 Å². The number of carboxylic acid groups (broad SMARTS) is 1. The molecule has 8 nitrogen and oxygen atoms in total. The quantitative estimate of drug-likeness (QED) is 0.706. The van der Waals surface area contributed by atoms with E-state index in [0.29, 0.717) is 26.2 Å². The monoisotopic (exact) mass is 425 g/mol. The number of benzene rings is 2. The maximum absolute atomic E-state index is 12.7. The molecule has 0 radical (unpaired) electrons. The molecule has 2 amide bonds. The molecule has 0 saturated carbocycles. The Bertz CT molecular complexity index is 893. The number of carbonyl (C=O) groups is 3. The van der Waals surface area contributed by atoms with Gasteiger partial charge in [-0.3, -0.25) is 9.59 Å². The maximum atomic E-state index is 12.7. The Balaban J connectivity index is 1.43. The Morgan fingerprint density at radius 3 is 2.23 bits per heavy atom. The first-order chi connectivity index (χ1) is 14.9. The number of hydrogen-bond acceptors (Lipinski definition) is 5. The summed E-state index contributed by atoms with van der Waals surface area (Å²) in [5, 5.41) is 11.5. The highest BCUT2D eigenvalue weighted by molar-refractivity contribution is 5.85. The Morgan fingerprint density at radius 2 is 1.61 bits per heavy atom. The van der Waals surface area contributed by atoms with E-state index in [2.05, 4.69) is 10.2 Å². The molecule has 1 unspecified atom stereocenters. The number of piperazine rings is 1. The summed E-state index contributed by atoms with van der Waals surface area (Å²) in [5.74, 6) is -1.00. The van der Waals surface area contributed by atoms with E-state index < -0.39 is 18.1 Å². The van der Waals surface area contributed by atoms with Crippen molar-refractivity contribution in [1.29, 1.82) is 0 Å². The number of carbonyl (C=O) groups excluding carboxylic acids is 2. The minimum atomic E-state index is -0.855. The van der Waals surface area contributed by atoms with Crippen molar-refractivity contribution in [3.63, 3.8) is 0 Å². The molecule has 0 bridgehead atoms. The van der Waals surface area contributed by atoms with E-state index in [4.69, 9.17) is 9.84 Å². The van der Waals surface area contributed by atoms with Crippen LogP contribution in [0.2, 0.25) is 0 Å². The van der Waals surface area contributed by atoms with E-state index >= 15 is 0 Å². The van der Waals surface area contributed by atoms with Crippen molar-refractivity contribution in [3.8, 4) is 0 Å². The summed E-state index contributed by atoms with van der Waals surface area (Å²) in [6, 6.07) is 16.1. The maximum Gasteiger partial charge on any atom is 0.408 e. The highest BCUT2D eigenvalue weighted by Crippen LogP contribution is 2.18. The van der Waals surface area contributed by atoms with Gasteiger partial charge >= 0.3 is 12.1 Å². The second-order valence-electron chi connectivity index (χ2n) is 7.48. The van der Waals surface area contributed by atoms with E-state index in [1.165, 1.54) is 0 Å². The third-order valence-corrected chi connectivity index (χ3v) is 5.17. The molecule has 0 spiro atoms. The molecule has 31 heavy (non-hydrogen) atoms. The van der Waals surface area contributed by atoms with Gasteiger partial charge in [0.05, 0.1) is 6.42 Å². The molecular formula is C23H27N3O5. The van der Waals surface area contributed by atoms with Crippen molar-refractivity contribution < 1.29 is 24.2 Å². The molecule has 1 aliphatic heterocycles. The Kier molecular flexibility index (Phi) is 7.48. The third kappa shape index (κ3) is 6.47. The molecule has 1 aliphatic rings. The van der Waals surface area contributed by atoms with Crippen LogP contribution in [-0.4, -0.2) is 60.2 Å². The van der Waals surface area contributed by atoms with Gasteiger partial charge < -0.3 is 25.0 Å². The first-order valence-corrected chi connectivity index (χ1v) is 10.2. The van der Waals surface area contributed by atoms with Gasteiger partial charge in [-0.15, -0.1) is 0 Å². The lowest BCUT2D eigenvalue weighted by Crippen LogP contribution is -2.54. The van der Waals surface area contributed by atoms with Gasteiger partial charge in [0.15, 0.2) is 0 Å². The molecule has 1 atom stereocenters. The lowest BCUT2D eigenvalue weighted by atomic mass is 10.1. The van der Waals surface area contributed by atoms with Crippen molar-refractivity contribution in [1.82, 2.24) is 10.2 Å².